The molecular formula is C13H9Cl4NO4. The largest absolute Gasteiger partial charge is 0.333 e. The Kier molecular flexibility index (Phi) is 4.92. The van der Waals surface area contributed by atoms with Gasteiger partial charge < -0.3 is 4.84 Å². The van der Waals surface area contributed by atoms with E-state index in [0.29, 0.717) is 5.06 Å². The van der Waals surface area contributed by atoms with Crippen LogP contribution >= 0.6 is 46.4 Å². The number of fused-ring (bicyclic) bond motifs is 1. The molecule has 1 aromatic carbocycles. The highest BCUT2D eigenvalue weighted by Crippen LogP contribution is 2.44. The van der Waals surface area contributed by atoms with Gasteiger partial charge >= 0.3 is 5.97 Å². The second-order valence-corrected chi connectivity index (χ2v) is 6.48. The normalized spacial score (nSPS) is 13.9. The van der Waals surface area contributed by atoms with Crippen LogP contribution in [0, 0.1) is 5.92 Å². The number of hydrogen-bond donors (Lipinski definition) is 0. The van der Waals surface area contributed by atoms with Crippen LogP contribution < -0.4 is 0 Å². The summed E-state index contributed by atoms with van der Waals surface area (Å²) in [5.74, 6) is -2.56. The van der Waals surface area contributed by atoms with Crippen molar-refractivity contribution in [3.05, 3.63) is 31.2 Å². The number of imide groups is 1. The first-order chi connectivity index (χ1) is 10.2. The Morgan fingerprint density at radius 1 is 0.955 bits per heavy atom. The number of carbonyl (C=O) groups excluding carboxylic acids is 3. The van der Waals surface area contributed by atoms with Gasteiger partial charge in [-0.2, -0.15) is 0 Å². The molecule has 0 saturated heterocycles. The fraction of sp³-hybridized carbons (Fsp3) is 0.308. The number of hydrogen-bond acceptors (Lipinski definition) is 4. The molecule has 0 N–H and O–H groups in total. The van der Waals surface area contributed by atoms with E-state index in [1.807, 2.05) is 0 Å². The van der Waals surface area contributed by atoms with Gasteiger partial charge in [-0.25, -0.2) is 4.79 Å². The molecule has 0 radical (unpaired) electrons. The second-order valence-electron chi connectivity index (χ2n) is 4.97. The molecule has 22 heavy (non-hydrogen) atoms. The molecule has 118 valence electrons. The first-order valence-corrected chi connectivity index (χ1v) is 7.63. The van der Waals surface area contributed by atoms with E-state index in [9.17, 15) is 14.4 Å². The quantitative estimate of drug-likeness (QED) is 0.440. The van der Waals surface area contributed by atoms with Crippen molar-refractivity contribution in [3.8, 4) is 0 Å². The summed E-state index contributed by atoms with van der Waals surface area (Å²) in [5.41, 5.74) is -0.466. The maximum atomic E-state index is 12.2. The van der Waals surface area contributed by atoms with Crippen molar-refractivity contribution in [1.82, 2.24) is 5.06 Å². The molecule has 0 atom stereocenters. The number of rotatable bonds is 3. The zero-order valence-corrected chi connectivity index (χ0v) is 14.4. The van der Waals surface area contributed by atoms with E-state index in [1.54, 1.807) is 13.8 Å². The predicted molar refractivity (Wildman–Crippen MR) is 82.5 cm³/mol. The highest BCUT2D eigenvalue weighted by molar-refractivity contribution is 6.55. The minimum Gasteiger partial charge on any atom is -0.330 e. The summed E-state index contributed by atoms with van der Waals surface area (Å²) in [4.78, 5) is 41.0. The van der Waals surface area contributed by atoms with Crippen LogP contribution in [0.4, 0.5) is 0 Å². The van der Waals surface area contributed by atoms with Gasteiger partial charge in [0.1, 0.15) is 0 Å². The van der Waals surface area contributed by atoms with Gasteiger partial charge in [-0.1, -0.05) is 65.3 Å². The van der Waals surface area contributed by atoms with Crippen molar-refractivity contribution in [2.24, 2.45) is 5.92 Å². The smallest absolute Gasteiger partial charge is 0.330 e. The van der Waals surface area contributed by atoms with E-state index in [-0.39, 0.29) is 43.6 Å². The standard InChI is InChI=1S/C13H9Cl4NO4/c1-4(2)3-5(19)22-18-12(20)6-7(13(18)21)9(15)11(17)10(16)8(6)14/h4H,3H2,1-2H3. The molecule has 1 aromatic rings. The Labute approximate surface area is 146 Å². The number of halogens is 4. The van der Waals surface area contributed by atoms with Crippen molar-refractivity contribution in [2.75, 3.05) is 0 Å². The molecule has 0 aliphatic carbocycles. The lowest BCUT2D eigenvalue weighted by Crippen LogP contribution is -2.33. The van der Waals surface area contributed by atoms with Crippen LogP contribution in [0.2, 0.25) is 20.1 Å². The van der Waals surface area contributed by atoms with Crippen LogP contribution in [0.25, 0.3) is 0 Å². The third-order valence-corrected chi connectivity index (χ3v) is 4.63. The number of carbonyl (C=O) groups is 3. The van der Waals surface area contributed by atoms with E-state index in [4.69, 9.17) is 51.2 Å². The second kappa shape index (κ2) is 6.24. The molecule has 0 fully saturated rings. The molecule has 5 nitrogen and oxygen atoms in total. The van der Waals surface area contributed by atoms with Crippen LogP contribution in [0.5, 0.6) is 0 Å². The average Bonchev–Trinajstić information content (AvgIpc) is 2.66. The number of hydroxylamine groups is 2. The fourth-order valence-corrected chi connectivity index (χ4v) is 2.90. The molecule has 9 heteroatoms. The zero-order valence-electron chi connectivity index (χ0n) is 11.4. The van der Waals surface area contributed by atoms with Crippen LogP contribution in [-0.4, -0.2) is 22.8 Å². The predicted octanol–water partition coefficient (Wildman–Crippen LogP) is 4.40. The van der Waals surface area contributed by atoms with Gasteiger partial charge in [0, 0.05) is 0 Å². The van der Waals surface area contributed by atoms with Gasteiger partial charge in [-0.15, -0.1) is 0 Å². The molecule has 0 spiro atoms. The van der Waals surface area contributed by atoms with E-state index >= 15 is 0 Å². The van der Waals surface area contributed by atoms with Crippen molar-refractivity contribution >= 4 is 64.2 Å². The SMILES string of the molecule is CC(C)CC(=O)ON1C(=O)c2c(Cl)c(Cl)c(Cl)c(Cl)c2C1=O. The fourth-order valence-electron chi connectivity index (χ4n) is 1.88. The van der Waals surface area contributed by atoms with E-state index < -0.39 is 17.8 Å². The Morgan fingerprint density at radius 2 is 1.36 bits per heavy atom. The average molecular weight is 385 g/mol. The van der Waals surface area contributed by atoms with E-state index in [2.05, 4.69) is 0 Å². The zero-order chi connectivity index (χ0) is 16.8. The summed E-state index contributed by atoms with van der Waals surface area (Å²) in [6, 6.07) is 0. The third kappa shape index (κ3) is 2.78. The van der Waals surface area contributed by atoms with Crippen LogP contribution in [-0.2, 0) is 9.63 Å². The molecule has 1 aliphatic heterocycles. The molecular weight excluding hydrogens is 376 g/mol. The summed E-state index contributed by atoms with van der Waals surface area (Å²) in [6.45, 7) is 3.58. The minimum absolute atomic E-state index is 0.00116. The molecule has 1 aliphatic rings. The summed E-state index contributed by atoms with van der Waals surface area (Å²) >= 11 is 23.6. The lowest BCUT2D eigenvalue weighted by Gasteiger charge is -2.13. The lowest BCUT2D eigenvalue weighted by atomic mass is 10.1. The highest BCUT2D eigenvalue weighted by Gasteiger charge is 2.44. The maximum Gasteiger partial charge on any atom is 0.333 e. The molecule has 2 amide bonds. The molecule has 0 unspecified atom stereocenters. The maximum absolute atomic E-state index is 12.2. The Morgan fingerprint density at radius 3 is 1.73 bits per heavy atom. The van der Waals surface area contributed by atoms with Gasteiger partial charge in [0.15, 0.2) is 0 Å². The summed E-state index contributed by atoms with van der Waals surface area (Å²) < 4.78 is 0. The summed E-state index contributed by atoms with van der Waals surface area (Å²) in [6.07, 6.45) is 0.0381. The van der Waals surface area contributed by atoms with Crippen molar-refractivity contribution in [1.29, 1.82) is 0 Å². The van der Waals surface area contributed by atoms with Crippen molar-refractivity contribution in [3.63, 3.8) is 0 Å². The van der Waals surface area contributed by atoms with Gasteiger partial charge in [0.2, 0.25) is 0 Å². The lowest BCUT2D eigenvalue weighted by molar-refractivity contribution is -0.169. The van der Waals surface area contributed by atoms with Crippen LogP contribution in [0.15, 0.2) is 0 Å². The molecule has 1 heterocycles. The van der Waals surface area contributed by atoms with Crippen molar-refractivity contribution < 1.29 is 19.2 Å². The summed E-state index contributed by atoms with van der Waals surface area (Å²) in [7, 11) is 0. The molecule has 2 rings (SSSR count). The molecule has 0 bridgehead atoms. The summed E-state index contributed by atoms with van der Waals surface area (Å²) in [5, 5.41) is -0.411. The van der Waals surface area contributed by atoms with Gasteiger partial charge in [0.05, 0.1) is 37.6 Å². The van der Waals surface area contributed by atoms with Gasteiger partial charge in [-0.05, 0) is 5.92 Å². The Hall–Kier alpha value is -1.01. The first-order valence-electron chi connectivity index (χ1n) is 6.12. The number of benzene rings is 1. The topological polar surface area (TPSA) is 63.7 Å². The van der Waals surface area contributed by atoms with Crippen LogP contribution in [0.3, 0.4) is 0 Å². The number of nitrogens with zero attached hydrogens (tertiary/aromatic N) is 1. The number of amides is 2. The highest BCUT2D eigenvalue weighted by atomic mass is 35.5. The van der Waals surface area contributed by atoms with E-state index in [0.717, 1.165) is 0 Å². The van der Waals surface area contributed by atoms with Gasteiger partial charge in [0.25, 0.3) is 11.8 Å². The minimum atomic E-state index is -0.914. The van der Waals surface area contributed by atoms with Crippen LogP contribution in [0.1, 0.15) is 41.0 Å². The van der Waals surface area contributed by atoms with Gasteiger partial charge in [-0.3, -0.25) is 9.59 Å². The molecule has 0 aromatic heterocycles. The third-order valence-electron chi connectivity index (χ3n) is 2.83. The Balaban J connectivity index is 2.44. The Bertz CT molecular complexity index is 655. The molecule has 0 saturated carbocycles. The monoisotopic (exact) mass is 383 g/mol. The van der Waals surface area contributed by atoms with Crippen molar-refractivity contribution in [2.45, 2.75) is 20.3 Å². The van der Waals surface area contributed by atoms with E-state index in [1.165, 1.54) is 0 Å². The first kappa shape index (κ1) is 17.3.